The van der Waals surface area contributed by atoms with Crippen LogP contribution in [0.1, 0.15) is 26.2 Å². The molecule has 1 aromatic rings. The Bertz CT molecular complexity index is 718. The molecule has 1 fully saturated rings. The van der Waals surface area contributed by atoms with Crippen LogP contribution in [0, 0.1) is 0 Å². The van der Waals surface area contributed by atoms with Crippen molar-refractivity contribution in [3.63, 3.8) is 0 Å². The number of anilines is 1. The number of carboxylic acids is 1. The Morgan fingerprint density at radius 2 is 2.00 bits per heavy atom. The zero-order valence-corrected chi connectivity index (χ0v) is 14.8. The van der Waals surface area contributed by atoms with E-state index in [4.69, 9.17) is 9.47 Å². The maximum Gasteiger partial charge on any atom is 0.307 e. The molecule has 0 aliphatic carbocycles. The Labute approximate surface area is 151 Å². The van der Waals surface area contributed by atoms with Gasteiger partial charge in [-0.15, -0.1) is 0 Å². The number of carboxylic acid groups (broad SMARTS) is 1. The van der Waals surface area contributed by atoms with Gasteiger partial charge in [0.05, 0.1) is 31.8 Å². The van der Waals surface area contributed by atoms with Gasteiger partial charge in [-0.3, -0.25) is 19.3 Å². The van der Waals surface area contributed by atoms with Gasteiger partial charge in [0.15, 0.2) is 0 Å². The molecule has 1 saturated heterocycles. The van der Waals surface area contributed by atoms with Gasteiger partial charge in [0.2, 0.25) is 11.8 Å². The minimum atomic E-state index is -0.993. The van der Waals surface area contributed by atoms with Crippen LogP contribution in [-0.2, 0) is 14.4 Å². The van der Waals surface area contributed by atoms with Crippen LogP contribution in [0.4, 0.5) is 5.69 Å². The topological polar surface area (TPSA) is 96.4 Å². The summed E-state index contributed by atoms with van der Waals surface area (Å²) in [5, 5.41) is 9.27. The Morgan fingerprint density at radius 1 is 1.31 bits per heavy atom. The van der Waals surface area contributed by atoms with Gasteiger partial charge in [-0.1, -0.05) is 0 Å². The SMILES string of the molecule is CCN1c2cc(OC)ccc2OC(CC(=O)O)C1CN1C(=O)CCC1=O. The van der Waals surface area contributed by atoms with E-state index in [2.05, 4.69) is 0 Å². The average Bonchev–Trinajstić information content (AvgIpc) is 2.93. The molecule has 2 atom stereocenters. The van der Waals surface area contributed by atoms with Gasteiger partial charge in [0.25, 0.3) is 0 Å². The first-order chi connectivity index (χ1) is 12.4. The van der Waals surface area contributed by atoms with Crippen molar-refractivity contribution in [3.8, 4) is 11.5 Å². The fourth-order valence-corrected chi connectivity index (χ4v) is 3.55. The minimum absolute atomic E-state index is 0.111. The number of nitrogens with zero attached hydrogens (tertiary/aromatic N) is 2. The molecule has 0 saturated carbocycles. The molecule has 140 valence electrons. The number of methoxy groups -OCH3 is 1. The molecule has 0 aromatic heterocycles. The number of likely N-dealkylation sites (tertiary alicyclic amines) is 1. The fourth-order valence-electron chi connectivity index (χ4n) is 3.55. The summed E-state index contributed by atoms with van der Waals surface area (Å²) in [5.41, 5.74) is 0.762. The predicted octanol–water partition coefficient (Wildman–Crippen LogP) is 1.27. The molecule has 0 radical (unpaired) electrons. The second kappa shape index (κ2) is 7.23. The van der Waals surface area contributed by atoms with E-state index in [1.807, 2.05) is 17.9 Å². The normalized spacial score (nSPS) is 22.2. The number of likely N-dealkylation sites (N-methyl/N-ethyl adjacent to an activating group) is 1. The van der Waals surface area contributed by atoms with Crippen molar-refractivity contribution in [1.29, 1.82) is 0 Å². The van der Waals surface area contributed by atoms with Crippen molar-refractivity contribution in [2.24, 2.45) is 0 Å². The lowest BCUT2D eigenvalue weighted by molar-refractivity contribution is -0.139. The standard InChI is InChI=1S/C18H22N2O6/c1-3-19-12-8-11(25-2)4-5-14(12)26-15(9-18(23)24)13(19)10-20-16(21)6-7-17(20)22/h4-5,8,13,15H,3,6-7,9-10H2,1-2H3,(H,23,24). The third kappa shape index (κ3) is 3.31. The number of carbonyl (C=O) groups excluding carboxylic acids is 2. The highest BCUT2D eigenvalue weighted by Gasteiger charge is 2.41. The second-order valence-electron chi connectivity index (χ2n) is 6.34. The molecule has 0 spiro atoms. The molecular formula is C18H22N2O6. The Hall–Kier alpha value is -2.77. The van der Waals surface area contributed by atoms with Crippen molar-refractivity contribution in [2.75, 3.05) is 25.1 Å². The fraction of sp³-hybridized carbons (Fsp3) is 0.500. The quantitative estimate of drug-likeness (QED) is 0.761. The summed E-state index contributed by atoms with van der Waals surface area (Å²) < 4.78 is 11.2. The van der Waals surface area contributed by atoms with Crippen LogP contribution in [0.3, 0.4) is 0 Å². The van der Waals surface area contributed by atoms with Crippen molar-refractivity contribution >= 4 is 23.5 Å². The molecule has 1 N–H and O–H groups in total. The first kappa shape index (κ1) is 18.0. The Kier molecular flexibility index (Phi) is 5.01. The maximum atomic E-state index is 12.0. The van der Waals surface area contributed by atoms with E-state index in [0.29, 0.717) is 18.0 Å². The lowest BCUT2D eigenvalue weighted by atomic mass is 10.0. The molecule has 3 rings (SSSR count). The molecule has 2 unspecified atom stereocenters. The molecule has 0 bridgehead atoms. The highest BCUT2D eigenvalue weighted by Crippen LogP contribution is 2.40. The minimum Gasteiger partial charge on any atom is -0.497 e. The van der Waals surface area contributed by atoms with Crippen LogP contribution in [0.25, 0.3) is 0 Å². The molecular weight excluding hydrogens is 340 g/mol. The molecule has 8 nitrogen and oxygen atoms in total. The summed E-state index contributed by atoms with van der Waals surface area (Å²) in [6, 6.07) is 4.87. The number of fused-ring (bicyclic) bond motifs is 1. The van der Waals surface area contributed by atoms with Gasteiger partial charge in [-0.05, 0) is 19.1 Å². The number of hydrogen-bond donors (Lipinski definition) is 1. The van der Waals surface area contributed by atoms with Crippen LogP contribution >= 0.6 is 0 Å². The highest BCUT2D eigenvalue weighted by atomic mass is 16.5. The maximum absolute atomic E-state index is 12.0. The van der Waals surface area contributed by atoms with Crippen molar-refractivity contribution in [3.05, 3.63) is 18.2 Å². The molecule has 2 amide bonds. The van der Waals surface area contributed by atoms with Crippen molar-refractivity contribution < 1.29 is 29.0 Å². The smallest absolute Gasteiger partial charge is 0.307 e. The number of hydrogen-bond acceptors (Lipinski definition) is 6. The van der Waals surface area contributed by atoms with Gasteiger partial charge in [-0.2, -0.15) is 0 Å². The Balaban J connectivity index is 1.97. The van der Waals surface area contributed by atoms with Crippen LogP contribution in [0.15, 0.2) is 18.2 Å². The van der Waals surface area contributed by atoms with Crippen LogP contribution < -0.4 is 14.4 Å². The zero-order valence-electron chi connectivity index (χ0n) is 14.8. The zero-order chi connectivity index (χ0) is 18.8. The number of aliphatic carboxylic acids is 1. The number of carbonyl (C=O) groups is 3. The highest BCUT2D eigenvalue weighted by molar-refractivity contribution is 6.02. The first-order valence-electron chi connectivity index (χ1n) is 8.61. The second-order valence-corrected chi connectivity index (χ2v) is 6.34. The molecule has 2 aliphatic heterocycles. The van der Waals surface area contributed by atoms with E-state index in [-0.39, 0.29) is 37.6 Å². The van der Waals surface area contributed by atoms with E-state index >= 15 is 0 Å². The molecule has 2 aliphatic rings. The number of rotatable bonds is 6. The lowest BCUT2D eigenvalue weighted by Crippen LogP contribution is -2.56. The monoisotopic (exact) mass is 362 g/mol. The molecule has 2 heterocycles. The van der Waals surface area contributed by atoms with Gasteiger partial charge >= 0.3 is 5.97 Å². The predicted molar refractivity (Wildman–Crippen MR) is 92.4 cm³/mol. The molecule has 26 heavy (non-hydrogen) atoms. The van der Waals surface area contributed by atoms with Crippen LogP contribution in [0.5, 0.6) is 11.5 Å². The number of ether oxygens (including phenoxy) is 2. The van der Waals surface area contributed by atoms with E-state index < -0.39 is 18.1 Å². The van der Waals surface area contributed by atoms with Crippen LogP contribution in [0.2, 0.25) is 0 Å². The van der Waals surface area contributed by atoms with Gasteiger partial charge in [0, 0.05) is 25.5 Å². The van der Waals surface area contributed by atoms with Crippen molar-refractivity contribution in [1.82, 2.24) is 4.90 Å². The lowest BCUT2D eigenvalue weighted by Gasteiger charge is -2.43. The van der Waals surface area contributed by atoms with Gasteiger partial charge in [-0.25, -0.2) is 0 Å². The summed E-state index contributed by atoms with van der Waals surface area (Å²) in [4.78, 5) is 38.6. The summed E-state index contributed by atoms with van der Waals surface area (Å²) in [6.07, 6.45) is -0.489. The molecule has 1 aromatic carbocycles. The Morgan fingerprint density at radius 3 is 2.58 bits per heavy atom. The van der Waals surface area contributed by atoms with Crippen LogP contribution in [-0.4, -0.2) is 60.1 Å². The van der Waals surface area contributed by atoms with Gasteiger partial charge in [0.1, 0.15) is 17.6 Å². The van der Waals surface area contributed by atoms with E-state index in [1.54, 1.807) is 19.2 Å². The number of imide groups is 1. The summed E-state index contributed by atoms with van der Waals surface area (Å²) in [7, 11) is 1.56. The van der Waals surface area contributed by atoms with E-state index in [9.17, 15) is 19.5 Å². The number of amides is 2. The average molecular weight is 362 g/mol. The summed E-state index contributed by atoms with van der Waals surface area (Å²) >= 11 is 0. The molecule has 8 heteroatoms. The van der Waals surface area contributed by atoms with E-state index in [1.165, 1.54) is 4.90 Å². The summed E-state index contributed by atoms with van der Waals surface area (Å²) in [6.45, 7) is 2.62. The largest absolute Gasteiger partial charge is 0.497 e. The third-order valence-electron chi connectivity index (χ3n) is 4.82. The third-order valence-corrected chi connectivity index (χ3v) is 4.82. The summed E-state index contributed by atoms with van der Waals surface area (Å²) in [5.74, 6) is -0.232. The number of benzene rings is 1. The van der Waals surface area contributed by atoms with Gasteiger partial charge < -0.3 is 19.5 Å². The first-order valence-corrected chi connectivity index (χ1v) is 8.61. The van der Waals surface area contributed by atoms with Crippen molar-refractivity contribution in [2.45, 2.75) is 38.3 Å². The van der Waals surface area contributed by atoms with E-state index in [0.717, 1.165) is 5.69 Å².